The van der Waals surface area contributed by atoms with E-state index in [1.54, 1.807) is 6.07 Å². The molecule has 0 bridgehead atoms. The van der Waals surface area contributed by atoms with Crippen LogP contribution in [0.5, 0.6) is 0 Å². The fourth-order valence-corrected chi connectivity index (χ4v) is 1.59. The minimum atomic E-state index is -0.794. The molecule has 18 heavy (non-hydrogen) atoms. The van der Waals surface area contributed by atoms with Crippen molar-refractivity contribution in [2.75, 3.05) is 20.1 Å². The highest BCUT2D eigenvalue weighted by Crippen LogP contribution is 2.08. The van der Waals surface area contributed by atoms with Gasteiger partial charge in [0, 0.05) is 12.6 Å². The quantitative estimate of drug-likeness (QED) is 0.755. The van der Waals surface area contributed by atoms with Gasteiger partial charge >= 0.3 is 0 Å². The summed E-state index contributed by atoms with van der Waals surface area (Å²) in [4.78, 5) is 2.28. The summed E-state index contributed by atoms with van der Waals surface area (Å²) in [5.74, 6) is -1.58. The first-order valence-corrected chi connectivity index (χ1v) is 6.35. The van der Waals surface area contributed by atoms with Gasteiger partial charge in [-0.3, -0.25) is 0 Å². The molecule has 2 nitrogen and oxygen atoms in total. The largest absolute Gasteiger partial charge is 0.313 e. The fraction of sp³-hybridized carbons (Fsp3) is 0.571. The Morgan fingerprint density at radius 3 is 2.56 bits per heavy atom. The highest BCUT2D eigenvalue weighted by Gasteiger charge is 2.03. The minimum absolute atomic E-state index is 0.552. The van der Waals surface area contributed by atoms with Gasteiger partial charge in [-0.1, -0.05) is 6.07 Å². The summed E-state index contributed by atoms with van der Waals surface area (Å²) < 4.78 is 25.6. The Bertz CT molecular complexity index is 367. The third-order valence-electron chi connectivity index (χ3n) is 3.06. The molecule has 0 unspecified atom stereocenters. The normalized spacial score (nSPS) is 11.5. The minimum Gasteiger partial charge on any atom is -0.313 e. The van der Waals surface area contributed by atoms with Crippen molar-refractivity contribution in [3.63, 3.8) is 0 Å². The van der Waals surface area contributed by atoms with E-state index in [9.17, 15) is 8.78 Å². The van der Waals surface area contributed by atoms with Crippen LogP contribution in [0.25, 0.3) is 0 Å². The predicted molar refractivity (Wildman–Crippen MR) is 70.4 cm³/mol. The van der Waals surface area contributed by atoms with Crippen LogP contribution in [0.15, 0.2) is 18.2 Å². The van der Waals surface area contributed by atoms with Gasteiger partial charge in [0.25, 0.3) is 0 Å². The topological polar surface area (TPSA) is 15.3 Å². The second kappa shape index (κ2) is 7.44. The molecule has 102 valence electrons. The van der Waals surface area contributed by atoms with Crippen molar-refractivity contribution in [2.45, 2.75) is 32.9 Å². The van der Waals surface area contributed by atoms with Crippen molar-refractivity contribution in [3.05, 3.63) is 35.4 Å². The third-order valence-corrected chi connectivity index (χ3v) is 3.06. The molecular weight excluding hydrogens is 234 g/mol. The van der Waals surface area contributed by atoms with Gasteiger partial charge in [-0.2, -0.15) is 0 Å². The van der Waals surface area contributed by atoms with Crippen LogP contribution in [-0.4, -0.2) is 31.1 Å². The number of benzene rings is 1. The molecule has 0 heterocycles. The van der Waals surface area contributed by atoms with Gasteiger partial charge in [-0.15, -0.1) is 0 Å². The summed E-state index contributed by atoms with van der Waals surface area (Å²) in [6.07, 6.45) is 1.04. The highest BCUT2D eigenvalue weighted by atomic mass is 19.2. The van der Waals surface area contributed by atoms with Crippen molar-refractivity contribution < 1.29 is 8.78 Å². The Morgan fingerprint density at radius 1 is 1.22 bits per heavy atom. The Balaban J connectivity index is 2.20. The fourth-order valence-electron chi connectivity index (χ4n) is 1.59. The van der Waals surface area contributed by atoms with Gasteiger partial charge in [-0.05, 0) is 58.1 Å². The van der Waals surface area contributed by atoms with E-state index in [4.69, 9.17) is 0 Å². The maximum atomic E-state index is 12.9. The van der Waals surface area contributed by atoms with Gasteiger partial charge in [0.1, 0.15) is 0 Å². The SMILES string of the molecule is CC(C)N(C)CCCNCc1ccc(F)c(F)c1. The van der Waals surface area contributed by atoms with Gasteiger partial charge in [0.05, 0.1) is 0 Å². The van der Waals surface area contributed by atoms with Crippen molar-refractivity contribution in [1.82, 2.24) is 10.2 Å². The summed E-state index contributed by atoms with van der Waals surface area (Å²) in [7, 11) is 2.10. The van der Waals surface area contributed by atoms with E-state index in [0.717, 1.165) is 25.1 Å². The molecular formula is C14H22F2N2. The van der Waals surface area contributed by atoms with Crippen LogP contribution < -0.4 is 5.32 Å². The molecule has 0 aromatic heterocycles. The first-order chi connectivity index (χ1) is 8.50. The molecule has 0 fully saturated rings. The van der Waals surface area contributed by atoms with E-state index < -0.39 is 11.6 Å². The molecule has 4 heteroatoms. The predicted octanol–water partition coefficient (Wildman–Crippen LogP) is 2.78. The maximum Gasteiger partial charge on any atom is 0.159 e. The summed E-state index contributed by atoms with van der Waals surface area (Å²) >= 11 is 0. The summed E-state index contributed by atoms with van der Waals surface area (Å²) in [6.45, 7) is 6.80. The molecule has 0 radical (unpaired) electrons. The molecule has 0 saturated heterocycles. The molecule has 0 aliphatic heterocycles. The van der Waals surface area contributed by atoms with Gasteiger partial charge in [0.15, 0.2) is 11.6 Å². The Kier molecular flexibility index (Phi) is 6.22. The van der Waals surface area contributed by atoms with Crippen LogP contribution in [-0.2, 0) is 6.54 Å². The molecule has 1 rings (SSSR count). The van der Waals surface area contributed by atoms with E-state index in [0.29, 0.717) is 12.6 Å². The lowest BCUT2D eigenvalue weighted by atomic mass is 10.2. The lowest BCUT2D eigenvalue weighted by molar-refractivity contribution is 0.269. The third kappa shape index (κ3) is 5.10. The van der Waals surface area contributed by atoms with Crippen molar-refractivity contribution in [1.29, 1.82) is 0 Å². The molecule has 0 amide bonds. The zero-order valence-corrected chi connectivity index (χ0v) is 11.3. The Labute approximate surface area is 108 Å². The number of hydrogen-bond acceptors (Lipinski definition) is 2. The Morgan fingerprint density at radius 2 is 1.94 bits per heavy atom. The van der Waals surface area contributed by atoms with Crippen LogP contribution in [0.2, 0.25) is 0 Å². The van der Waals surface area contributed by atoms with Crippen molar-refractivity contribution >= 4 is 0 Å². The number of nitrogens with one attached hydrogen (secondary N) is 1. The number of hydrogen-bond donors (Lipinski definition) is 1. The zero-order chi connectivity index (χ0) is 13.5. The van der Waals surface area contributed by atoms with Crippen LogP contribution >= 0.6 is 0 Å². The summed E-state index contributed by atoms with van der Waals surface area (Å²) in [5, 5.41) is 3.23. The van der Waals surface area contributed by atoms with Crippen LogP contribution in [0.4, 0.5) is 8.78 Å². The van der Waals surface area contributed by atoms with Gasteiger partial charge < -0.3 is 10.2 Å². The molecule has 1 aromatic carbocycles. The summed E-state index contributed by atoms with van der Waals surface area (Å²) in [5.41, 5.74) is 0.770. The molecule has 0 spiro atoms. The molecule has 1 aromatic rings. The highest BCUT2D eigenvalue weighted by molar-refractivity contribution is 5.17. The van der Waals surface area contributed by atoms with Crippen molar-refractivity contribution in [3.8, 4) is 0 Å². The van der Waals surface area contributed by atoms with E-state index in [1.807, 2.05) is 0 Å². The molecule has 0 atom stereocenters. The van der Waals surface area contributed by atoms with E-state index >= 15 is 0 Å². The second-order valence-corrected chi connectivity index (χ2v) is 4.85. The first-order valence-electron chi connectivity index (χ1n) is 6.35. The van der Waals surface area contributed by atoms with E-state index in [1.165, 1.54) is 12.1 Å². The summed E-state index contributed by atoms with van der Waals surface area (Å²) in [6, 6.07) is 4.56. The smallest absolute Gasteiger partial charge is 0.159 e. The van der Waals surface area contributed by atoms with E-state index in [2.05, 4.69) is 31.1 Å². The van der Waals surface area contributed by atoms with Crippen LogP contribution in [0, 0.1) is 11.6 Å². The van der Waals surface area contributed by atoms with E-state index in [-0.39, 0.29) is 0 Å². The Hall–Kier alpha value is -1.00. The lowest BCUT2D eigenvalue weighted by Crippen LogP contribution is -2.29. The lowest BCUT2D eigenvalue weighted by Gasteiger charge is -2.20. The average Bonchev–Trinajstić information content (AvgIpc) is 2.32. The monoisotopic (exact) mass is 256 g/mol. The second-order valence-electron chi connectivity index (χ2n) is 4.85. The molecule has 0 aliphatic carbocycles. The molecule has 0 saturated carbocycles. The molecule has 1 N–H and O–H groups in total. The molecule has 0 aliphatic rings. The number of nitrogens with zero attached hydrogens (tertiary/aromatic N) is 1. The number of rotatable bonds is 7. The average molecular weight is 256 g/mol. The van der Waals surface area contributed by atoms with Crippen LogP contribution in [0.1, 0.15) is 25.8 Å². The zero-order valence-electron chi connectivity index (χ0n) is 11.3. The maximum absolute atomic E-state index is 12.9. The van der Waals surface area contributed by atoms with Gasteiger partial charge in [0.2, 0.25) is 0 Å². The van der Waals surface area contributed by atoms with Gasteiger partial charge in [-0.25, -0.2) is 8.78 Å². The first kappa shape index (κ1) is 15.1. The van der Waals surface area contributed by atoms with Crippen LogP contribution in [0.3, 0.4) is 0 Å². The van der Waals surface area contributed by atoms with Crippen molar-refractivity contribution in [2.24, 2.45) is 0 Å². The standard InChI is InChI=1S/C14H22F2N2/c1-11(2)18(3)8-4-7-17-10-12-5-6-13(15)14(16)9-12/h5-6,9,11,17H,4,7-8,10H2,1-3H3. The number of halogens is 2.